The zero-order chi connectivity index (χ0) is 14.1. The van der Waals surface area contributed by atoms with Crippen molar-refractivity contribution in [2.75, 3.05) is 0 Å². The number of carbonyl (C=O) groups is 1. The summed E-state index contributed by atoms with van der Waals surface area (Å²) in [5, 5.41) is 9.86. The number of carbonyl (C=O) groups excluding carboxylic acids is 1. The molecule has 3 atom stereocenters. The van der Waals surface area contributed by atoms with E-state index in [-0.39, 0.29) is 30.0 Å². The van der Waals surface area contributed by atoms with Gasteiger partial charge in [0.05, 0.1) is 12.0 Å². The van der Waals surface area contributed by atoms with Crippen LogP contribution in [0.5, 0.6) is 0 Å². The van der Waals surface area contributed by atoms with Crippen molar-refractivity contribution in [3.05, 3.63) is 35.9 Å². The first-order valence-electron chi connectivity index (χ1n) is 7.76. The molecule has 0 saturated carbocycles. The second-order valence-electron chi connectivity index (χ2n) is 6.13. The third-order valence-corrected chi connectivity index (χ3v) is 4.87. The predicted molar refractivity (Wildman–Crippen MR) is 78.4 cm³/mol. The summed E-state index contributed by atoms with van der Waals surface area (Å²) >= 11 is 0. The van der Waals surface area contributed by atoms with E-state index in [2.05, 4.69) is 11.8 Å². The second kappa shape index (κ2) is 5.57. The molecule has 0 spiro atoms. The highest BCUT2D eigenvalue weighted by Gasteiger charge is 2.44. The average Bonchev–Trinajstić information content (AvgIpc) is 2.73. The first kappa shape index (κ1) is 13.6. The van der Waals surface area contributed by atoms with Gasteiger partial charge in [-0.3, -0.25) is 4.79 Å². The minimum atomic E-state index is -0.214. The van der Waals surface area contributed by atoms with Gasteiger partial charge in [-0.15, -0.1) is 0 Å². The number of rotatable bonds is 3. The van der Waals surface area contributed by atoms with E-state index in [1.54, 1.807) is 0 Å². The first-order valence-corrected chi connectivity index (χ1v) is 7.76. The molecule has 108 valence electrons. The number of fused-ring (bicyclic) bond motifs is 2. The van der Waals surface area contributed by atoms with Gasteiger partial charge in [0, 0.05) is 12.1 Å². The van der Waals surface area contributed by atoms with Gasteiger partial charge in [-0.05, 0) is 37.7 Å². The van der Waals surface area contributed by atoms with Gasteiger partial charge in [-0.1, -0.05) is 37.3 Å². The fourth-order valence-corrected chi connectivity index (χ4v) is 3.93. The van der Waals surface area contributed by atoms with Crippen LogP contribution in [-0.2, 0) is 4.79 Å². The molecule has 2 aliphatic rings. The highest BCUT2D eigenvalue weighted by molar-refractivity contribution is 5.84. The van der Waals surface area contributed by atoms with E-state index >= 15 is 0 Å². The average molecular weight is 273 g/mol. The lowest BCUT2D eigenvalue weighted by Crippen LogP contribution is -2.49. The monoisotopic (exact) mass is 273 g/mol. The molecule has 20 heavy (non-hydrogen) atoms. The van der Waals surface area contributed by atoms with Crippen molar-refractivity contribution in [2.45, 2.75) is 63.1 Å². The molecule has 2 fully saturated rings. The molecule has 1 N–H and O–H groups in total. The standard InChI is InChI=1S/C17H23NO2/c1-2-16(12-6-4-3-5-7-12)17(20)18-13-8-9-14(18)11-15(19)10-13/h3-7,13-16,19H,2,8-11H2,1H3. The van der Waals surface area contributed by atoms with Crippen LogP contribution in [0, 0.1) is 0 Å². The van der Waals surface area contributed by atoms with Crippen molar-refractivity contribution in [2.24, 2.45) is 0 Å². The Kier molecular flexibility index (Phi) is 3.79. The van der Waals surface area contributed by atoms with E-state index in [4.69, 9.17) is 0 Å². The molecule has 3 rings (SSSR count). The number of amides is 1. The van der Waals surface area contributed by atoms with Crippen LogP contribution in [-0.4, -0.2) is 34.1 Å². The smallest absolute Gasteiger partial charge is 0.230 e. The number of hydrogen-bond donors (Lipinski definition) is 1. The molecule has 2 heterocycles. The molecular formula is C17H23NO2. The SMILES string of the molecule is CCC(C(=O)N1C2CCC1CC(O)C2)c1ccccc1. The minimum Gasteiger partial charge on any atom is -0.393 e. The Morgan fingerprint density at radius 2 is 1.85 bits per heavy atom. The minimum absolute atomic E-state index is 0.0328. The number of aliphatic hydroxyl groups excluding tert-OH is 1. The fourth-order valence-electron chi connectivity index (χ4n) is 3.93. The molecule has 3 nitrogen and oxygen atoms in total. The largest absolute Gasteiger partial charge is 0.393 e. The lowest BCUT2D eigenvalue weighted by atomic mass is 9.91. The Bertz CT molecular complexity index is 459. The van der Waals surface area contributed by atoms with Gasteiger partial charge in [0.2, 0.25) is 5.91 Å². The fraction of sp³-hybridized carbons (Fsp3) is 0.588. The second-order valence-corrected chi connectivity index (χ2v) is 6.13. The summed E-state index contributed by atoms with van der Waals surface area (Å²) in [4.78, 5) is 15.0. The molecule has 3 unspecified atom stereocenters. The van der Waals surface area contributed by atoms with Crippen LogP contribution in [0.3, 0.4) is 0 Å². The summed E-state index contributed by atoms with van der Waals surface area (Å²) in [7, 11) is 0. The van der Waals surface area contributed by atoms with Crippen molar-refractivity contribution in [1.29, 1.82) is 0 Å². The Morgan fingerprint density at radius 3 is 2.40 bits per heavy atom. The van der Waals surface area contributed by atoms with Gasteiger partial charge < -0.3 is 10.0 Å². The van der Waals surface area contributed by atoms with E-state index in [0.29, 0.717) is 0 Å². The van der Waals surface area contributed by atoms with Crippen molar-refractivity contribution in [3.63, 3.8) is 0 Å². The summed E-state index contributed by atoms with van der Waals surface area (Å²) < 4.78 is 0. The van der Waals surface area contributed by atoms with E-state index < -0.39 is 0 Å². The molecule has 1 aromatic carbocycles. The maximum atomic E-state index is 12.9. The number of hydrogen-bond acceptors (Lipinski definition) is 2. The third kappa shape index (κ3) is 2.35. The van der Waals surface area contributed by atoms with Crippen LogP contribution in [0.25, 0.3) is 0 Å². The lowest BCUT2D eigenvalue weighted by molar-refractivity contribution is -0.139. The summed E-state index contributed by atoms with van der Waals surface area (Å²) in [5.41, 5.74) is 1.12. The predicted octanol–water partition coefficient (Wildman–Crippen LogP) is 2.69. The molecule has 0 radical (unpaired) electrons. The highest BCUT2D eigenvalue weighted by atomic mass is 16.3. The van der Waals surface area contributed by atoms with Crippen LogP contribution in [0.2, 0.25) is 0 Å². The van der Waals surface area contributed by atoms with E-state index in [1.807, 2.05) is 30.3 Å². The molecule has 1 amide bonds. The summed E-state index contributed by atoms with van der Waals surface area (Å²) in [6.45, 7) is 2.08. The van der Waals surface area contributed by atoms with Crippen LogP contribution in [0.4, 0.5) is 0 Å². The number of piperidine rings is 1. The molecule has 2 aliphatic heterocycles. The Morgan fingerprint density at radius 1 is 1.25 bits per heavy atom. The van der Waals surface area contributed by atoms with Gasteiger partial charge in [0.25, 0.3) is 0 Å². The van der Waals surface area contributed by atoms with Gasteiger partial charge in [-0.2, -0.15) is 0 Å². The summed E-state index contributed by atoms with van der Waals surface area (Å²) in [6.07, 6.45) is 4.24. The third-order valence-electron chi connectivity index (χ3n) is 4.87. The van der Waals surface area contributed by atoms with Crippen LogP contribution in [0.15, 0.2) is 30.3 Å². The molecular weight excluding hydrogens is 250 g/mol. The van der Waals surface area contributed by atoms with Gasteiger partial charge in [0.1, 0.15) is 0 Å². The zero-order valence-electron chi connectivity index (χ0n) is 12.0. The molecule has 2 bridgehead atoms. The summed E-state index contributed by atoms with van der Waals surface area (Å²) in [6, 6.07) is 10.6. The molecule has 0 aliphatic carbocycles. The van der Waals surface area contributed by atoms with Crippen LogP contribution >= 0.6 is 0 Å². The molecule has 0 aromatic heterocycles. The van der Waals surface area contributed by atoms with Crippen molar-refractivity contribution < 1.29 is 9.90 Å². The van der Waals surface area contributed by atoms with Crippen molar-refractivity contribution in [1.82, 2.24) is 4.90 Å². The van der Waals surface area contributed by atoms with Gasteiger partial charge in [-0.25, -0.2) is 0 Å². The molecule has 3 heteroatoms. The molecule has 2 saturated heterocycles. The van der Waals surface area contributed by atoms with E-state index in [0.717, 1.165) is 37.7 Å². The Balaban J connectivity index is 1.81. The van der Waals surface area contributed by atoms with Crippen LogP contribution < -0.4 is 0 Å². The lowest BCUT2D eigenvalue weighted by Gasteiger charge is -2.39. The van der Waals surface area contributed by atoms with Crippen molar-refractivity contribution >= 4 is 5.91 Å². The van der Waals surface area contributed by atoms with Crippen LogP contribution in [0.1, 0.15) is 50.5 Å². The topological polar surface area (TPSA) is 40.5 Å². The van der Waals surface area contributed by atoms with E-state index in [1.165, 1.54) is 0 Å². The number of nitrogens with zero attached hydrogens (tertiary/aromatic N) is 1. The maximum Gasteiger partial charge on any atom is 0.230 e. The van der Waals surface area contributed by atoms with Gasteiger partial charge in [0.15, 0.2) is 0 Å². The summed E-state index contributed by atoms with van der Waals surface area (Å²) in [5.74, 6) is 0.229. The normalized spacial score (nSPS) is 30.3. The van der Waals surface area contributed by atoms with Gasteiger partial charge >= 0.3 is 0 Å². The Hall–Kier alpha value is -1.35. The number of benzene rings is 1. The van der Waals surface area contributed by atoms with Crippen molar-refractivity contribution in [3.8, 4) is 0 Å². The quantitative estimate of drug-likeness (QED) is 0.920. The maximum absolute atomic E-state index is 12.9. The molecule has 1 aromatic rings. The van der Waals surface area contributed by atoms with E-state index in [9.17, 15) is 9.90 Å². The Labute approximate surface area is 120 Å². The number of aliphatic hydroxyl groups is 1. The highest BCUT2D eigenvalue weighted by Crippen LogP contribution is 2.38. The first-order chi connectivity index (χ1) is 9.70. The zero-order valence-corrected chi connectivity index (χ0v) is 12.0.